The second-order valence-corrected chi connectivity index (χ2v) is 6.80. The van der Waals surface area contributed by atoms with E-state index in [1.807, 2.05) is 37.3 Å². The van der Waals surface area contributed by atoms with Gasteiger partial charge < -0.3 is 20.7 Å². The zero-order valence-electron chi connectivity index (χ0n) is 16.3. The number of nitrogens with one attached hydrogen (secondary N) is 1. The van der Waals surface area contributed by atoms with Crippen LogP contribution in [0.25, 0.3) is 0 Å². The Labute approximate surface area is 174 Å². The minimum Gasteiger partial charge on any atom is -0.452 e. The molecule has 0 spiro atoms. The van der Waals surface area contributed by atoms with E-state index in [1.54, 1.807) is 24.3 Å². The van der Waals surface area contributed by atoms with E-state index < -0.39 is 24.1 Å². The number of anilines is 1. The summed E-state index contributed by atoms with van der Waals surface area (Å²) in [5.41, 5.74) is 6.58. The summed E-state index contributed by atoms with van der Waals surface area (Å²) in [7, 11) is 0. The fourth-order valence-electron chi connectivity index (χ4n) is 2.87. The summed E-state index contributed by atoms with van der Waals surface area (Å²) in [4.78, 5) is 38.0. The molecular weight excluding hydrogens is 394 g/mol. The van der Waals surface area contributed by atoms with Gasteiger partial charge in [-0.05, 0) is 43.7 Å². The first-order valence-corrected chi connectivity index (χ1v) is 9.57. The van der Waals surface area contributed by atoms with Gasteiger partial charge in [-0.25, -0.2) is 4.79 Å². The monoisotopic (exact) mass is 417 g/mol. The lowest BCUT2D eigenvalue weighted by Crippen LogP contribution is -2.41. The quantitative estimate of drug-likeness (QED) is 0.642. The Morgan fingerprint density at radius 1 is 1.10 bits per heavy atom. The number of halogens is 1. The van der Waals surface area contributed by atoms with Crippen molar-refractivity contribution in [3.05, 3.63) is 65.2 Å². The standard InChI is InChI=1S/C21H24ClN3O4/c1-3-25(17-7-5-4-6-8-17)20(27)14(2)29-19(26)13-18(24-21(23)28)15-9-11-16(22)12-10-15/h4-12,14,18H,3,13H2,1-2H3,(H3,23,24,28)/t14-,18-/m0/s1. The molecule has 154 valence electrons. The van der Waals surface area contributed by atoms with Gasteiger partial charge >= 0.3 is 12.0 Å². The second-order valence-electron chi connectivity index (χ2n) is 6.37. The van der Waals surface area contributed by atoms with Crippen molar-refractivity contribution < 1.29 is 19.1 Å². The van der Waals surface area contributed by atoms with Gasteiger partial charge in [-0.1, -0.05) is 41.9 Å². The Balaban J connectivity index is 2.05. The fraction of sp³-hybridized carbons (Fsp3) is 0.286. The third kappa shape index (κ3) is 6.50. The van der Waals surface area contributed by atoms with E-state index in [9.17, 15) is 14.4 Å². The van der Waals surface area contributed by atoms with Crippen molar-refractivity contribution in [3.8, 4) is 0 Å². The van der Waals surface area contributed by atoms with E-state index in [2.05, 4.69) is 5.32 Å². The predicted molar refractivity (Wildman–Crippen MR) is 112 cm³/mol. The highest BCUT2D eigenvalue weighted by Gasteiger charge is 2.26. The second kappa shape index (κ2) is 10.5. The molecule has 2 aromatic rings. The molecule has 0 aliphatic rings. The van der Waals surface area contributed by atoms with E-state index in [0.29, 0.717) is 17.1 Å². The molecule has 0 aliphatic carbocycles. The van der Waals surface area contributed by atoms with Crippen molar-refractivity contribution in [2.24, 2.45) is 5.73 Å². The summed E-state index contributed by atoms with van der Waals surface area (Å²) in [5, 5.41) is 3.03. The van der Waals surface area contributed by atoms with Gasteiger partial charge in [0.25, 0.3) is 5.91 Å². The molecule has 0 aromatic heterocycles. The largest absolute Gasteiger partial charge is 0.452 e. The highest BCUT2D eigenvalue weighted by molar-refractivity contribution is 6.30. The predicted octanol–water partition coefficient (Wildman–Crippen LogP) is 3.42. The molecule has 0 fully saturated rings. The van der Waals surface area contributed by atoms with Crippen LogP contribution in [0.3, 0.4) is 0 Å². The van der Waals surface area contributed by atoms with Gasteiger partial charge in [0.15, 0.2) is 6.10 Å². The Bertz CT molecular complexity index is 843. The van der Waals surface area contributed by atoms with Crippen LogP contribution in [0.1, 0.15) is 31.9 Å². The van der Waals surface area contributed by atoms with Crippen LogP contribution in [0.5, 0.6) is 0 Å². The molecule has 0 aliphatic heterocycles. The third-order valence-corrected chi connectivity index (χ3v) is 4.52. The lowest BCUT2D eigenvalue weighted by Gasteiger charge is -2.25. The van der Waals surface area contributed by atoms with Crippen molar-refractivity contribution in [2.75, 3.05) is 11.4 Å². The first-order chi connectivity index (χ1) is 13.8. The zero-order chi connectivity index (χ0) is 21.4. The molecule has 8 heteroatoms. The summed E-state index contributed by atoms with van der Waals surface area (Å²) in [6.45, 7) is 3.79. The van der Waals surface area contributed by atoms with E-state index in [1.165, 1.54) is 11.8 Å². The van der Waals surface area contributed by atoms with Crippen LogP contribution in [0.4, 0.5) is 10.5 Å². The number of carbonyl (C=O) groups excluding carboxylic acids is 3. The van der Waals surface area contributed by atoms with Gasteiger partial charge in [0, 0.05) is 17.3 Å². The van der Waals surface area contributed by atoms with Gasteiger partial charge in [-0.3, -0.25) is 9.59 Å². The number of primary amides is 1. The van der Waals surface area contributed by atoms with Crippen LogP contribution in [0.2, 0.25) is 5.02 Å². The number of esters is 1. The first kappa shape index (κ1) is 22.2. The van der Waals surface area contributed by atoms with E-state index in [-0.39, 0.29) is 12.3 Å². The number of nitrogens with two attached hydrogens (primary N) is 1. The number of hydrogen-bond acceptors (Lipinski definition) is 4. The molecule has 2 rings (SSSR count). The number of urea groups is 1. The van der Waals surface area contributed by atoms with Crippen LogP contribution in [-0.4, -0.2) is 30.6 Å². The number of carbonyl (C=O) groups is 3. The van der Waals surface area contributed by atoms with Gasteiger partial charge in [-0.15, -0.1) is 0 Å². The van der Waals surface area contributed by atoms with Crippen LogP contribution in [0, 0.1) is 0 Å². The van der Waals surface area contributed by atoms with E-state index >= 15 is 0 Å². The van der Waals surface area contributed by atoms with Crippen LogP contribution in [-0.2, 0) is 14.3 Å². The number of ether oxygens (including phenoxy) is 1. The third-order valence-electron chi connectivity index (χ3n) is 4.27. The maximum Gasteiger partial charge on any atom is 0.312 e. The van der Waals surface area contributed by atoms with Crippen molar-refractivity contribution in [1.29, 1.82) is 0 Å². The molecular formula is C21H24ClN3O4. The van der Waals surface area contributed by atoms with Gasteiger partial charge in [0.1, 0.15) is 0 Å². The molecule has 7 nitrogen and oxygen atoms in total. The van der Waals surface area contributed by atoms with Gasteiger partial charge in [0.2, 0.25) is 0 Å². The van der Waals surface area contributed by atoms with Crippen LogP contribution >= 0.6 is 11.6 Å². The number of rotatable bonds is 8. The van der Waals surface area contributed by atoms with Gasteiger partial charge in [0.05, 0.1) is 12.5 Å². The Hall–Kier alpha value is -3.06. The number of amides is 3. The molecule has 0 unspecified atom stereocenters. The number of likely N-dealkylation sites (N-methyl/N-ethyl adjacent to an activating group) is 1. The molecule has 3 N–H and O–H groups in total. The summed E-state index contributed by atoms with van der Waals surface area (Å²) < 4.78 is 5.33. The first-order valence-electron chi connectivity index (χ1n) is 9.19. The highest BCUT2D eigenvalue weighted by Crippen LogP contribution is 2.21. The molecule has 0 bridgehead atoms. The van der Waals surface area contributed by atoms with Crippen LogP contribution in [0.15, 0.2) is 54.6 Å². The average Bonchev–Trinajstić information content (AvgIpc) is 2.69. The summed E-state index contributed by atoms with van der Waals surface area (Å²) in [6, 6.07) is 14.3. The summed E-state index contributed by atoms with van der Waals surface area (Å²) in [6.07, 6.45) is -1.17. The fourth-order valence-corrected chi connectivity index (χ4v) is 3.00. The number of benzene rings is 2. The number of hydrogen-bond donors (Lipinski definition) is 2. The average molecular weight is 418 g/mol. The zero-order valence-corrected chi connectivity index (χ0v) is 17.1. The highest BCUT2D eigenvalue weighted by atomic mass is 35.5. The Kier molecular flexibility index (Phi) is 8.03. The SMILES string of the molecule is CCN(C(=O)[C@H](C)OC(=O)C[C@H](NC(N)=O)c1ccc(Cl)cc1)c1ccccc1. The molecule has 0 heterocycles. The summed E-state index contributed by atoms with van der Waals surface area (Å²) in [5.74, 6) is -0.971. The van der Waals surface area contributed by atoms with E-state index in [0.717, 1.165) is 5.69 Å². The van der Waals surface area contributed by atoms with E-state index in [4.69, 9.17) is 22.1 Å². The normalized spacial score (nSPS) is 12.5. The van der Waals surface area contributed by atoms with Crippen molar-refractivity contribution in [2.45, 2.75) is 32.4 Å². The maximum absolute atomic E-state index is 12.7. The molecule has 0 saturated carbocycles. The lowest BCUT2D eigenvalue weighted by atomic mass is 10.0. The lowest BCUT2D eigenvalue weighted by molar-refractivity contribution is -0.154. The Morgan fingerprint density at radius 3 is 2.28 bits per heavy atom. The minimum atomic E-state index is -0.984. The molecule has 0 radical (unpaired) electrons. The molecule has 0 saturated heterocycles. The Morgan fingerprint density at radius 2 is 1.72 bits per heavy atom. The molecule has 2 aromatic carbocycles. The minimum absolute atomic E-state index is 0.181. The molecule has 3 amide bonds. The number of nitrogens with zero attached hydrogens (tertiary/aromatic N) is 1. The maximum atomic E-state index is 12.7. The number of para-hydroxylation sites is 1. The van der Waals surface area contributed by atoms with Crippen molar-refractivity contribution in [3.63, 3.8) is 0 Å². The molecule has 2 atom stereocenters. The summed E-state index contributed by atoms with van der Waals surface area (Å²) >= 11 is 5.88. The van der Waals surface area contributed by atoms with Crippen LogP contribution < -0.4 is 16.0 Å². The topological polar surface area (TPSA) is 102 Å². The smallest absolute Gasteiger partial charge is 0.312 e. The van der Waals surface area contributed by atoms with Crippen molar-refractivity contribution in [1.82, 2.24) is 5.32 Å². The van der Waals surface area contributed by atoms with Gasteiger partial charge in [-0.2, -0.15) is 0 Å². The molecule has 29 heavy (non-hydrogen) atoms. The van der Waals surface area contributed by atoms with Crippen molar-refractivity contribution >= 4 is 35.2 Å².